The first-order valence-corrected chi connectivity index (χ1v) is 8.81. The van der Waals surface area contributed by atoms with Gasteiger partial charge in [-0.05, 0) is 30.2 Å². The molecule has 2 N–H and O–H groups in total. The molecule has 3 rings (SSSR count). The molecule has 1 aliphatic heterocycles. The Balaban J connectivity index is 0.00000261. The van der Waals surface area contributed by atoms with Crippen LogP contribution in [0.4, 0.5) is 4.39 Å². The fraction of sp³-hybridized carbons (Fsp3) is 0.316. The third-order valence-corrected chi connectivity index (χ3v) is 4.27. The van der Waals surface area contributed by atoms with Crippen molar-refractivity contribution in [2.45, 2.75) is 13.0 Å². The average molecular weight is 506 g/mol. The second-order valence-electron chi connectivity index (χ2n) is 5.80. The van der Waals surface area contributed by atoms with E-state index in [1.54, 1.807) is 19.2 Å². The van der Waals surface area contributed by atoms with Crippen molar-refractivity contribution in [2.24, 2.45) is 4.99 Å². The van der Waals surface area contributed by atoms with Gasteiger partial charge in [0.1, 0.15) is 19.0 Å². The minimum Gasteiger partial charge on any atom is -0.486 e. The Morgan fingerprint density at radius 2 is 1.96 bits per heavy atom. The van der Waals surface area contributed by atoms with Crippen LogP contribution in [0.1, 0.15) is 11.1 Å². The third kappa shape index (κ3) is 5.87. The van der Waals surface area contributed by atoms with Crippen LogP contribution in [0.25, 0.3) is 0 Å². The summed E-state index contributed by atoms with van der Waals surface area (Å²) in [7, 11) is 1.68. The zero-order chi connectivity index (χ0) is 18.4. The van der Waals surface area contributed by atoms with E-state index in [-0.39, 0.29) is 29.8 Å². The zero-order valence-corrected chi connectivity index (χ0v) is 18.0. The lowest BCUT2D eigenvalue weighted by Gasteiger charge is -2.20. The van der Waals surface area contributed by atoms with Crippen molar-refractivity contribution < 1.29 is 13.9 Å². The van der Waals surface area contributed by atoms with Gasteiger partial charge < -0.3 is 20.1 Å². The number of benzene rings is 2. The van der Waals surface area contributed by atoms with Crippen LogP contribution in [0.5, 0.6) is 11.5 Å². The first-order chi connectivity index (χ1) is 12.7. The van der Waals surface area contributed by atoms with Crippen molar-refractivity contribution in [2.75, 3.05) is 26.8 Å². The molecule has 0 aromatic heterocycles. The molecule has 0 spiro atoms. The van der Waals surface area contributed by atoms with E-state index in [1.165, 1.54) is 6.07 Å². The molecular weight excluding hydrogens is 484 g/mol. The van der Waals surface area contributed by atoms with E-state index in [1.807, 2.05) is 18.2 Å². The van der Waals surface area contributed by atoms with Gasteiger partial charge in [-0.1, -0.05) is 29.8 Å². The number of hydrogen-bond acceptors (Lipinski definition) is 3. The van der Waals surface area contributed by atoms with Crippen LogP contribution in [0.2, 0.25) is 5.02 Å². The SMILES string of the molecule is CN=C(NCCc1cc(Cl)c2c(c1)OCCO2)NCc1ccccc1F.I. The van der Waals surface area contributed by atoms with E-state index in [0.29, 0.717) is 54.3 Å². The molecule has 0 unspecified atom stereocenters. The largest absolute Gasteiger partial charge is 0.486 e. The Hall–Kier alpha value is -1.74. The van der Waals surface area contributed by atoms with Crippen LogP contribution in [-0.2, 0) is 13.0 Å². The predicted octanol–water partition coefficient (Wildman–Crippen LogP) is 3.78. The van der Waals surface area contributed by atoms with Crippen molar-refractivity contribution in [3.63, 3.8) is 0 Å². The first-order valence-electron chi connectivity index (χ1n) is 8.43. The molecule has 0 saturated heterocycles. The van der Waals surface area contributed by atoms with E-state index < -0.39 is 0 Å². The van der Waals surface area contributed by atoms with Crippen LogP contribution in [0, 0.1) is 5.82 Å². The normalized spacial score (nSPS) is 12.9. The second-order valence-corrected chi connectivity index (χ2v) is 6.20. The highest BCUT2D eigenvalue weighted by Gasteiger charge is 2.16. The Morgan fingerprint density at radius 1 is 1.19 bits per heavy atom. The molecule has 1 heterocycles. The van der Waals surface area contributed by atoms with E-state index in [9.17, 15) is 4.39 Å². The molecule has 0 amide bonds. The molecule has 0 saturated carbocycles. The van der Waals surface area contributed by atoms with Crippen molar-refractivity contribution in [3.05, 3.63) is 58.4 Å². The lowest BCUT2D eigenvalue weighted by Crippen LogP contribution is -2.38. The number of ether oxygens (including phenoxy) is 2. The van der Waals surface area contributed by atoms with Gasteiger partial charge in [0.2, 0.25) is 0 Å². The van der Waals surface area contributed by atoms with Crippen LogP contribution < -0.4 is 20.1 Å². The highest BCUT2D eigenvalue weighted by Crippen LogP contribution is 2.38. The van der Waals surface area contributed by atoms with Crippen LogP contribution in [0.3, 0.4) is 0 Å². The van der Waals surface area contributed by atoms with Gasteiger partial charge in [-0.3, -0.25) is 4.99 Å². The van der Waals surface area contributed by atoms with Crippen LogP contribution in [0.15, 0.2) is 41.4 Å². The topological polar surface area (TPSA) is 54.9 Å². The van der Waals surface area contributed by atoms with E-state index in [0.717, 1.165) is 12.0 Å². The molecule has 146 valence electrons. The average Bonchev–Trinajstić information content (AvgIpc) is 2.66. The van der Waals surface area contributed by atoms with Gasteiger partial charge >= 0.3 is 0 Å². The maximum Gasteiger partial charge on any atom is 0.191 e. The van der Waals surface area contributed by atoms with Crippen molar-refractivity contribution in [1.29, 1.82) is 0 Å². The molecule has 27 heavy (non-hydrogen) atoms. The maximum absolute atomic E-state index is 13.7. The summed E-state index contributed by atoms with van der Waals surface area (Å²) in [6.07, 6.45) is 0.733. The lowest BCUT2D eigenvalue weighted by molar-refractivity contribution is 0.171. The predicted molar refractivity (Wildman–Crippen MR) is 116 cm³/mol. The van der Waals surface area contributed by atoms with Crippen molar-refractivity contribution >= 4 is 41.5 Å². The Bertz CT molecular complexity index is 805. The molecule has 2 aromatic carbocycles. The number of rotatable bonds is 5. The quantitative estimate of drug-likeness (QED) is 0.369. The van der Waals surface area contributed by atoms with Gasteiger partial charge in [0.15, 0.2) is 17.5 Å². The minimum atomic E-state index is -0.235. The molecule has 8 heteroatoms. The van der Waals surface area contributed by atoms with E-state index in [2.05, 4.69) is 15.6 Å². The monoisotopic (exact) mass is 505 g/mol. The number of guanidine groups is 1. The highest BCUT2D eigenvalue weighted by molar-refractivity contribution is 14.0. The standard InChI is InChI=1S/C19H21ClFN3O2.HI/c1-22-19(24-12-14-4-2-3-5-16(14)21)23-7-6-13-10-15(20)18-17(11-13)25-8-9-26-18;/h2-5,10-11H,6-9,12H2,1H3,(H2,22,23,24);1H. The smallest absolute Gasteiger partial charge is 0.191 e. The number of hydrogen-bond donors (Lipinski definition) is 2. The summed E-state index contributed by atoms with van der Waals surface area (Å²) < 4.78 is 24.8. The second kappa shape index (κ2) is 10.6. The Labute approximate surface area is 180 Å². The third-order valence-electron chi connectivity index (χ3n) is 3.99. The van der Waals surface area contributed by atoms with Crippen LogP contribution >= 0.6 is 35.6 Å². The fourth-order valence-electron chi connectivity index (χ4n) is 2.68. The van der Waals surface area contributed by atoms with Gasteiger partial charge in [0.25, 0.3) is 0 Å². The number of fused-ring (bicyclic) bond motifs is 1. The fourth-order valence-corrected chi connectivity index (χ4v) is 2.96. The van der Waals surface area contributed by atoms with Gasteiger partial charge in [-0.2, -0.15) is 0 Å². The summed E-state index contributed by atoms with van der Waals surface area (Å²) in [5.41, 5.74) is 1.63. The zero-order valence-electron chi connectivity index (χ0n) is 14.9. The number of halogens is 3. The molecule has 1 aliphatic rings. The van der Waals surface area contributed by atoms with Crippen molar-refractivity contribution in [3.8, 4) is 11.5 Å². The Kier molecular flexibility index (Phi) is 8.43. The molecule has 0 radical (unpaired) electrons. The number of nitrogens with zero attached hydrogens (tertiary/aromatic N) is 1. The molecule has 0 aliphatic carbocycles. The minimum absolute atomic E-state index is 0. The molecule has 0 atom stereocenters. The molecule has 0 fully saturated rings. The number of nitrogens with one attached hydrogen (secondary N) is 2. The van der Waals surface area contributed by atoms with Gasteiger partial charge in [0, 0.05) is 25.7 Å². The number of aliphatic imine (C=N–C) groups is 1. The molecular formula is C19H22ClFIN3O2. The van der Waals surface area contributed by atoms with Gasteiger partial charge in [0.05, 0.1) is 5.02 Å². The van der Waals surface area contributed by atoms with Crippen LogP contribution in [-0.4, -0.2) is 32.8 Å². The summed E-state index contributed by atoms with van der Waals surface area (Å²) >= 11 is 6.25. The van der Waals surface area contributed by atoms with Crippen molar-refractivity contribution in [1.82, 2.24) is 10.6 Å². The van der Waals surface area contributed by atoms with E-state index in [4.69, 9.17) is 21.1 Å². The van der Waals surface area contributed by atoms with Gasteiger partial charge in [-0.25, -0.2) is 4.39 Å². The maximum atomic E-state index is 13.7. The molecule has 2 aromatic rings. The molecule has 0 bridgehead atoms. The summed E-state index contributed by atoms with van der Waals surface area (Å²) in [6, 6.07) is 10.5. The first kappa shape index (κ1) is 21.6. The summed E-state index contributed by atoms with van der Waals surface area (Å²) in [4.78, 5) is 4.15. The summed E-state index contributed by atoms with van der Waals surface area (Å²) in [6.45, 7) is 2.05. The lowest BCUT2D eigenvalue weighted by atomic mass is 10.1. The van der Waals surface area contributed by atoms with Gasteiger partial charge in [-0.15, -0.1) is 24.0 Å². The highest BCUT2D eigenvalue weighted by atomic mass is 127. The Morgan fingerprint density at radius 3 is 2.74 bits per heavy atom. The molecule has 5 nitrogen and oxygen atoms in total. The summed E-state index contributed by atoms with van der Waals surface area (Å²) in [5, 5.41) is 6.87. The summed E-state index contributed by atoms with van der Waals surface area (Å²) in [5.74, 6) is 1.66. The van der Waals surface area contributed by atoms with E-state index >= 15 is 0 Å².